The Kier molecular flexibility index (Phi) is 6.26. The smallest absolute Gasteiger partial charge is 0.336 e. The molecule has 0 amide bonds. The quantitative estimate of drug-likeness (QED) is 0.395. The van der Waals surface area contributed by atoms with Crippen LogP contribution in [0, 0.1) is 12.3 Å². The molecule has 0 aliphatic rings. The molecule has 0 saturated heterocycles. The Morgan fingerprint density at radius 1 is 1.60 bits per heavy atom. The van der Waals surface area contributed by atoms with Crippen molar-refractivity contribution in [3.8, 4) is 12.3 Å². The maximum Gasteiger partial charge on any atom is 0.336 e. The zero-order valence-electron chi connectivity index (χ0n) is 9.06. The zero-order valence-corrected chi connectivity index (χ0v) is 9.95. The number of hydrogen-bond acceptors (Lipinski definition) is 5. The lowest BCUT2D eigenvalue weighted by Crippen LogP contribution is -2.22. The lowest BCUT2D eigenvalue weighted by Gasteiger charge is -2.17. The minimum absolute atomic E-state index is 0.130. The highest BCUT2D eigenvalue weighted by Crippen LogP contribution is 2.44. The van der Waals surface area contributed by atoms with E-state index in [1.807, 2.05) is 0 Å². The fourth-order valence-electron chi connectivity index (χ4n) is 0.825. The first-order valence-electron chi connectivity index (χ1n) is 4.43. The third-order valence-corrected chi connectivity index (χ3v) is 2.77. The van der Waals surface area contributed by atoms with Gasteiger partial charge in [0.1, 0.15) is 0 Å². The van der Waals surface area contributed by atoms with Gasteiger partial charge in [-0.05, 0) is 13.8 Å². The summed E-state index contributed by atoms with van der Waals surface area (Å²) in [5.74, 6) is 1.48. The number of ether oxygens (including phenoxy) is 1. The van der Waals surface area contributed by atoms with Gasteiger partial charge in [0.05, 0.1) is 6.61 Å². The van der Waals surface area contributed by atoms with Crippen LogP contribution >= 0.6 is 7.60 Å². The van der Waals surface area contributed by atoms with Gasteiger partial charge in [-0.25, -0.2) is 4.79 Å². The number of rotatable bonds is 6. The second kappa shape index (κ2) is 6.62. The zero-order chi connectivity index (χ0) is 11.9. The molecule has 0 aliphatic carbocycles. The van der Waals surface area contributed by atoms with E-state index in [-0.39, 0.29) is 13.2 Å². The summed E-state index contributed by atoms with van der Waals surface area (Å²) in [6, 6.07) is 0. The summed E-state index contributed by atoms with van der Waals surface area (Å²) in [5.41, 5.74) is 0. The van der Waals surface area contributed by atoms with E-state index in [2.05, 4.69) is 10.7 Å². The highest BCUT2D eigenvalue weighted by Gasteiger charge is 2.25. The van der Waals surface area contributed by atoms with E-state index in [4.69, 9.17) is 15.5 Å². The maximum absolute atomic E-state index is 11.5. The van der Waals surface area contributed by atoms with Crippen molar-refractivity contribution in [2.45, 2.75) is 20.0 Å². The van der Waals surface area contributed by atoms with Crippen LogP contribution in [-0.2, 0) is 23.1 Å². The molecule has 5 nitrogen and oxygen atoms in total. The van der Waals surface area contributed by atoms with Gasteiger partial charge < -0.3 is 9.26 Å². The average molecular weight is 234 g/mol. The van der Waals surface area contributed by atoms with E-state index < -0.39 is 19.7 Å². The highest BCUT2D eigenvalue weighted by atomic mass is 31.2. The molecule has 0 spiro atoms. The summed E-state index contributed by atoms with van der Waals surface area (Å²) in [5, 5.41) is 0. The largest absolute Gasteiger partial charge is 0.451 e. The van der Waals surface area contributed by atoms with Crippen LogP contribution in [0.15, 0.2) is 0 Å². The Morgan fingerprint density at radius 3 is 2.67 bits per heavy atom. The standard InChI is InChI=1S/C9H15O5P/c1-5-7-12-9(10)8(3)14-15(4,11)13-6-2/h1,8H,6-7H2,2-4H3. The van der Waals surface area contributed by atoms with Gasteiger partial charge in [0.2, 0.25) is 0 Å². The molecule has 2 unspecified atom stereocenters. The van der Waals surface area contributed by atoms with Gasteiger partial charge in [0.15, 0.2) is 12.7 Å². The molecule has 15 heavy (non-hydrogen) atoms. The molecule has 86 valence electrons. The van der Waals surface area contributed by atoms with Crippen LogP contribution in [0.4, 0.5) is 0 Å². The summed E-state index contributed by atoms with van der Waals surface area (Å²) >= 11 is 0. The predicted molar refractivity (Wildman–Crippen MR) is 55.5 cm³/mol. The van der Waals surface area contributed by atoms with Crippen molar-refractivity contribution < 1.29 is 23.1 Å². The molecular weight excluding hydrogens is 219 g/mol. The molecule has 0 aromatic carbocycles. The van der Waals surface area contributed by atoms with E-state index in [1.165, 1.54) is 13.6 Å². The van der Waals surface area contributed by atoms with Crippen LogP contribution < -0.4 is 0 Å². The molecule has 0 N–H and O–H groups in total. The summed E-state index contributed by atoms with van der Waals surface area (Å²) in [6.07, 6.45) is 3.95. The van der Waals surface area contributed by atoms with Gasteiger partial charge in [0.25, 0.3) is 0 Å². The second-order valence-electron chi connectivity index (χ2n) is 2.75. The minimum atomic E-state index is -3.19. The van der Waals surface area contributed by atoms with E-state index in [0.29, 0.717) is 0 Å². The Hall–Kier alpha value is -0.820. The number of carbonyl (C=O) groups excluding carboxylic acids is 1. The van der Waals surface area contributed by atoms with Crippen LogP contribution in [0.25, 0.3) is 0 Å². The molecule has 6 heteroatoms. The molecule has 2 atom stereocenters. The third kappa shape index (κ3) is 6.29. The fourth-order valence-corrected chi connectivity index (χ4v) is 2.02. The summed E-state index contributed by atoms with van der Waals surface area (Å²) in [4.78, 5) is 11.2. The topological polar surface area (TPSA) is 61.8 Å². The first kappa shape index (κ1) is 14.2. The molecule has 0 saturated carbocycles. The number of carbonyl (C=O) groups is 1. The first-order chi connectivity index (χ1) is 6.93. The van der Waals surface area contributed by atoms with Gasteiger partial charge >= 0.3 is 13.6 Å². The van der Waals surface area contributed by atoms with Gasteiger partial charge in [0, 0.05) is 6.66 Å². The molecule has 0 heterocycles. The normalized spacial score (nSPS) is 16.1. The van der Waals surface area contributed by atoms with Crippen molar-refractivity contribution >= 4 is 13.6 Å². The van der Waals surface area contributed by atoms with Gasteiger partial charge in [-0.1, -0.05) is 5.92 Å². The molecule has 0 fully saturated rings. The Balaban J connectivity index is 4.12. The van der Waals surface area contributed by atoms with Crippen molar-refractivity contribution in [2.24, 2.45) is 0 Å². The second-order valence-corrected chi connectivity index (χ2v) is 4.76. The Bertz CT molecular complexity index is 293. The van der Waals surface area contributed by atoms with Gasteiger partial charge in [-0.15, -0.1) is 6.42 Å². The van der Waals surface area contributed by atoms with E-state index in [9.17, 15) is 9.36 Å². The summed E-state index contributed by atoms with van der Waals surface area (Å²) < 4.78 is 25.9. The van der Waals surface area contributed by atoms with Gasteiger partial charge in [-0.3, -0.25) is 9.09 Å². The summed E-state index contributed by atoms with van der Waals surface area (Å²) in [7, 11) is -3.19. The van der Waals surface area contributed by atoms with Crippen LogP contribution in [0.5, 0.6) is 0 Å². The van der Waals surface area contributed by atoms with Crippen LogP contribution in [-0.4, -0.2) is 32.0 Å². The van der Waals surface area contributed by atoms with Crippen molar-refractivity contribution in [3.05, 3.63) is 0 Å². The Labute approximate surface area is 89.6 Å². The Morgan fingerprint density at radius 2 is 2.20 bits per heavy atom. The number of terminal acetylenes is 1. The molecule has 0 aromatic rings. The SMILES string of the molecule is C#CCOC(=O)C(C)OP(C)(=O)OCC. The highest BCUT2D eigenvalue weighted by molar-refractivity contribution is 7.53. The van der Waals surface area contributed by atoms with E-state index in [1.54, 1.807) is 6.92 Å². The molecule has 0 radical (unpaired) electrons. The lowest BCUT2D eigenvalue weighted by molar-refractivity contribution is -0.149. The molecule has 0 aliphatic heterocycles. The van der Waals surface area contributed by atoms with Crippen molar-refractivity contribution in [2.75, 3.05) is 19.9 Å². The van der Waals surface area contributed by atoms with Crippen molar-refractivity contribution in [1.82, 2.24) is 0 Å². The fraction of sp³-hybridized carbons (Fsp3) is 0.667. The van der Waals surface area contributed by atoms with Crippen molar-refractivity contribution in [1.29, 1.82) is 0 Å². The molecule has 0 rings (SSSR count). The molecule has 0 aromatic heterocycles. The van der Waals surface area contributed by atoms with Gasteiger partial charge in [-0.2, -0.15) is 0 Å². The molecular formula is C9H15O5P. The number of hydrogen-bond donors (Lipinski definition) is 0. The lowest BCUT2D eigenvalue weighted by atomic mass is 10.4. The molecule has 0 bridgehead atoms. The first-order valence-corrected chi connectivity index (χ1v) is 6.42. The maximum atomic E-state index is 11.5. The van der Waals surface area contributed by atoms with E-state index >= 15 is 0 Å². The van der Waals surface area contributed by atoms with Crippen LogP contribution in [0.1, 0.15) is 13.8 Å². The average Bonchev–Trinajstić information content (AvgIpc) is 2.13. The minimum Gasteiger partial charge on any atom is -0.451 e. The van der Waals surface area contributed by atoms with Crippen LogP contribution in [0.3, 0.4) is 0 Å². The monoisotopic (exact) mass is 234 g/mol. The number of esters is 1. The van der Waals surface area contributed by atoms with Crippen LogP contribution in [0.2, 0.25) is 0 Å². The third-order valence-electron chi connectivity index (χ3n) is 1.34. The predicted octanol–water partition coefficient (Wildman–Crippen LogP) is 1.43. The summed E-state index contributed by atoms with van der Waals surface area (Å²) in [6.45, 7) is 4.52. The van der Waals surface area contributed by atoms with E-state index in [0.717, 1.165) is 0 Å². The van der Waals surface area contributed by atoms with Crippen molar-refractivity contribution in [3.63, 3.8) is 0 Å².